The fourth-order valence-corrected chi connectivity index (χ4v) is 4.61. The number of benzene rings is 1. The van der Waals surface area contributed by atoms with Gasteiger partial charge in [0.05, 0.1) is 11.4 Å². The van der Waals surface area contributed by atoms with Gasteiger partial charge in [0.2, 0.25) is 11.0 Å². The zero-order valence-electron chi connectivity index (χ0n) is 13.8. The van der Waals surface area contributed by atoms with Crippen LogP contribution in [0, 0.1) is 0 Å². The van der Waals surface area contributed by atoms with Gasteiger partial charge < -0.3 is 9.73 Å². The SMILES string of the molecule is O=C1CN(C(=O)c2ccc(S(=O)(=O)N3CCCC3)o2)c2ccccc2N1. The molecular formula is C17H17N3O5S. The molecule has 8 nitrogen and oxygen atoms in total. The molecule has 2 amide bonds. The van der Waals surface area contributed by atoms with E-state index in [9.17, 15) is 18.0 Å². The summed E-state index contributed by atoms with van der Waals surface area (Å²) >= 11 is 0. The van der Waals surface area contributed by atoms with E-state index < -0.39 is 15.9 Å². The number of hydrogen-bond acceptors (Lipinski definition) is 5. The van der Waals surface area contributed by atoms with Crippen LogP contribution in [-0.2, 0) is 14.8 Å². The molecule has 0 aliphatic carbocycles. The van der Waals surface area contributed by atoms with Crippen LogP contribution in [0.5, 0.6) is 0 Å². The summed E-state index contributed by atoms with van der Waals surface area (Å²) in [4.78, 5) is 26.0. The predicted octanol–water partition coefficient (Wildman–Crippen LogP) is 1.66. The summed E-state index contributed by atoms with van der Waals surface area (Å²) in [7, 11) is -3.74. The lowest BCUT2D eigenvalue weighted by Crippen LogP contribution is -2.42. The Kier molecular flexibility index (Phi) is 4.04. The summed E-state index contributed by atoms with van der Waals surface area (Å²) in [5, 5.41) is 2.44. The van der Waals surface area contributed by atoms with Crippen LogP contribution in [0.4, 0.5) is 11.4 Å². The van der Waals surface area contributed by atoms with Crippen molar-refractivity contribution in [1.82, 2.24) is 4.31 Å². The molecule has 3 heterocycles. The van der Waals surface area contributed by atoms with Crippen LogP contribution in [0.15, 0.2) is 45.9 Å². The number of fused-ring (bicyclic) bond motifs is 1. The molecule has 0 saturated carbocycles. The number of sulfonamides is 1. The number of carbonyl (C=O) groups excluding carboxylic acids is 2. The first kappa shape index (κ1) is 16.8. The summed E-state index contributed by atoms with van der Waals surface area (Å²) in [6.45, 7) is 0.739. The van der Waals surface area contributed by atoms with Gasteiger partial charge in [0.1, 0.15) is 6.54 Å². The Bertz CT molecular complexity index is 976. The molecule has 1 aromatic heterocycles. The molecule has 4 rings (SSSR count). The van der Waals surface area contributed by atoms with Gasteiger partial charge in [-0.25, -0.2) is 8.42 Å². The molecule has 1 N–H and O–H groups in total. The molecule has 1 aromatic carbocycles. The van der Waals surface area contributed by atoms with Gasteiger partial charge in [-0.1, -0.05) is 12.1 Å². The highest BCUT2D eigenvalue weighted by Crippen LogP contribution is 2.31. The minimum absolute atomic E-state index is 0.118. The Morgan fingerprint density at radius 1 is 1.08 bits per heavy atom. The molecule has 0 atom stereocenters. The molecule has 2 aliphatic heterocycles. The third-order valence-electron chi connectivity index (χ3n) is 4.47. The molecular weight excluding hydrogens is 358 g/mol. The van der Waals surface area contributed by atoms with Crippen LogP contribution >= 0.6 is 0 Å². The number of hydrogen-bond donors (Lipinski definition) is 1. The average Bonchev–Trinajstić information content (AvgIpc) is 3.32. The van der Waals surface area contributed by atoms with E-state index in [1.807, 2.05) is 0 Å². The third kappa shape index (κ3) is 2.78. The number of nitrogens with zero attached hydrogens (tertiary/aromatic N) is 2. The van der Waals surface area contributed by atoms with Crippen LogP contribution in [0.3, 0.4) is 0 Å². The third-order valence-corrected chi connectivity index (χ3v) is 6.24. The summed E-state index contributed by atoms with van der Waals surface area (Å²) in [5.41, 5.74) is 1.06. The predicted molar refractivity (Wildman–Crippen MR) is 93.4 cm³/mol. The monoisotopic (exact) mass is 375 g/mol. The first-order chi connectivity index (χ1) is 12.5. The van der Waals surface area contributed by atoms with Crippen molar-refractivity contribution in [2.24, 2.45) is 0 Å². The van der Waals surface area contributed by atoms with E-state index in [4.69, 9.17) is 4.42 Å². The van der Waals surface area contributed by atoms with Crippen molar-refractivity contribution in [3.8, 4) is 0 Å². The van der Waals surface area contributed by atoms with Crippen LogP contribution in [0.2, 0.25) is 0 Å². The van der Waals surface area contributed by atoms with Crippen LogP contribution < -0.4 is 10.2 Å². The van der Waals surface area contributed by atoms with E-state index in [1.54, 1.807) is 24.3 Å². The summed E-state index contributed by atoms with van der Waals surface area (Å²) < 4.78 is 31.8. The standard InChI is InChI=1S/C17H17N3O5S/c21-15-11-20(13-6-2-1-5-12(13)18-15)17(22)14-7-8-16(25-14)26(23,24)19-9-3-4-10-19/h1-2,5-8H,3-4,9-11H2,(H,18,21). The summed E-state index contributed by atoms with van der Waals surface area (Å²) in [6, 6.07) is 9.52. The lowest BCUT2D eigenvalue weighted by Gasteiger charge is -2.28. The highest BCUT2D eigenvalue weighted by molar-refractivity contribution is 7.89. The second-order valence-electron chi connectivity index (χ2n) is 6.19. The van der Waals surface area contributed by atoms with Crippen LogP contribution in [0.1, 0.15) is 23.4 Å². The first-order valence-corrected chi connectivity index (χ1v) is 9.71. The number of nitrogens with one attached hydrogen (secondary N) is 1. The number of amides is 2. The summed E-state index contributed by atoms with van der Waals surface area (Å²) in [6.07, 6.45) is 1.62. The van der Waals surface area contributed by atoms with Gasteiger partial charge in [-0.05, 0) is 37.1 Å². The van der Waals surface area contributed by atoms with Crippen molar-refractivity contribution in [2.75, 3.05) is 29.9 Å². The highest BCUT2D eigenvalue weighted by Gasteiger charge is 2.33. The maximum absolute atomic E-state index is 12.8. The normalized spacial score (nSPS) is 17.8. The zero-order valence-corrected chi connectivity index (χ0v) is 14.7. The van der Waals surface area contributed by atoms with Crippen molar-refractivity contribution in [3.63, 3.8) is 0 Å². The number of anilines is 2. The Hall–Kier alpha value is -2.65. The Morgan fingerprint density at radius 3 is 2.58 bits per heavy atom. The molecule has 9 heteroatoms. The van der Waals surface area contributed by atoms with Gasteiger partial charge in [-0.2, -0.15) is 4.31 Å². The smallest absolute Gasteiger partial charge is 0.294 e. The molecule has 0 unspecified atom stereocenters. The molecule has 2 aromatic rings. The van der Waals surface area contributed by atoms with Gasteiger partial charge >= 0.3 is 0 Å². The van der Waals surface area contributed by atoms with Gasteiger partial charge in [-0.15, -0.1) is 0 Å². The van der Waals surface area contributed by atoms with E-state index >= 15 is 0 Å². The number of para-hydroxylation sites is 2. The molecule has 0 bridgehead atoms. The maximum atomic E-state index is 12.8. The number of carbonyl (C=O) groups is 2. The number of furan rings is 1. The van der Waals surface area contributed by atoms with E-state index in [0.29, 0.717) is 24.5 Å². The average molecular weight is 375 g/mol. The van der Waals surface area contributed by atoms with E-state index in [-0.39, 0.29) is 23.3 Å². The van der Waals surface area contributed by atoms with Gasteiger partial charge in [0, 0.05) is 13.1 Å². The van der Waals surface area contributed by atoms with Crippen molar-refractivity contribution in [3.05, 3.63) is 42.2 Å². The van der Waals surface area contributed by atoms with Gasteiger partial charge in [0.25, 0.3) is 15.9 Å². The van der Waals surface area contributed by atoms with Crippen molar-refractivity contribution in [1.29, 1.82) is 0 Å². The quantitative estimate of drug-likeness (QED) is 0.879. The lowest BCUT2D eigenvalue weighted by molar-refractivity contribution is -0.115. The maximum Gasteiger partial charge on any atom is 0.294 e. The zero-order chi connectivity index (χ0) is 18.3. The molecule has 136 valence electrons. The highest BCUT2D eigenvalue weighted by atomic mass is 32.2. The Balaban J connectivity index is 1.64. The minimum Gasteiger partial charge on any atom is -0.438 e. The van der Waals surface area contributed by atoms with E-state index in [1.165, 1.54) is 21.3 Å². The molecule has 0 spiro atoms. The van der Waals surface area contributed by atoms with Gasteiger partial charge in [-0.3, -0.25) is 14.5 Å². The second-order valence-corrected chi connectivity index (χ2v) is 8.06. The molecule has 26 heavy (non-hydrogen) atoms. The molecule has 1 fully saturated rings. The molecule has 0 radical (unpaired) electrons. The van der Waals surface area contributed by atoms with E-state index in [0.717, 1.165) is 12.8 Å². The van der Waals surface area contributed by atoms with E-state index in [2.05, 4.69) is 5.32 Å². The largest absolute Gasteiger partial charge is 0.438 e. The van der Waals surface area contributed by atoms with Crippen molar-refractivity contribution >= 4 is 33.2 Å². The molecule has 2 aliphatic rings. The molecule has 1 saturated heterocycles. The van der Waals surface area contributed by atoms with Gasteiger partial charge in [0.15, 0.2) is 5.76 Å². The van der Waals surface area contributed by atoms with Crippen molar-refractivity contribution < 1.29 is 22.4 Å². The fraction of sp³-hybridized carbons (Fsp3) is 0.294. The first-order valence-electron chi connectivity index (χ1n) is 8.27. The van der Waals surface area contributed by atoms with Crippen LogP contribution in [0.25, 0.3) is 0 Å². The topological polar surface area (TPSA) is 99.9 Å². The summed E-state index contributed by atoms with van der Waals surface area (Å²) in [5.74, 6) is -1.00. The Labute approximate surface area is 150 Å². The second kappa shape index (κ2) is 6.26. The fourth-order valence-electron chi connectivity index (χ4n) is 3.18. The minimum atomic E-state index is -3.74. The van der Waals surface area contributed by atoms with Crippen molar-refractivity contribution in [2.45, 2.75) is 17.9 Å². The Morgan fingerprint density at radius 2 is 1.81 bits per heavy atom. The van der Waals surface area contributed by atoms with Crippen LogP contribution in [-0.4, -0.2) is 44.2 Å². The number of rotatable bonds is 3. The lowest BCUT2D eigenvalue weighted by atomic mass is 10.2.